The van der Waals surface area contributed by atoms with Crippen molar-refractivity contribution in [2.75, 3.05) is 12.3 Å². The van der Waals surface area contributed by atoms with Gasteiger partial charge in [-0.1, -0.05) is 18.5 Å². The first-order valence-electron chi connectivity index (χ1n) is 5.32. The Morgan fingerprint density at radius 1 is 1.40 bits per heavy atom. The second-order valence-electron chi connectivity index (χ2n) is 4.00. The van der Waals surface area contributed by atoms with E-state index in [1.54, 1.807) is 0 Å². The minimum absolute atomic E-state index is 0.522. The second-order valence-corrected chi connectivity index (χ2v) is 4.44. The highest BCUT2D eigenvalue weighted by Gasteiger charge is 2.09. The van der Waals surface area contributed by atoms with Gasteiger partial charge < -0.3 is 5.73 Å². The highest BCUT2D eigenvalue weighted by molar-refractivity contribution is 6.30. The summed E-state index contributed by atoms with van der Waals surface area (Å²) in [6.07, 6.45) is 0. The Labute approximate surface area is 97.0 Å². The molecule has 1 aromatic carbocycles. The van der Waals surface area contributed by atoms with Crippen LogP contribution in [0.15, 0.2) is 18.2 Å². The molecule has 0 amide bonds. The van der Waals surface area contributed by atoms with Crippen molar-refractivity contribution in [3.63, 3.8) is 0 Å². The van der Waals surface area contributed by atoms with Gasteiger partial charge in [0.2, 0.25) is 0 Å². The molecule has 0 radical (unpaired) electrons. The summed E-state index contributed by atoms with van der Waals surface area (Å²) in [6.45, 7) is 8.40. The van der Waals surface area contributed by atoms with Gasteiger partial charge >= 0.3 is 0 Å². The van der Waals surface area contributed by atoms with E-state index in [2.05, 4.69) is 25.7 Å². The number of nitrogens with zero attached hydrogens (tertiary/aromatic N) is 1. The number of halogens is 1. The lowest BCUT2D eigenvalue weighted by Crippen LogP contribution is -2.30. The van der Waals surface area contributed by atoms with Crippen LogP contribution in [0.2, 0.25) is 5.02 Å². The molecule has 0 fully saturated rings. The number of hydrogen-bond acceptors (Lipinski definition) is 2. The van der Waals surface area contributed by atoms with Crippen molar-refractivity contribution in [1.82, 2.24) is 4.90 Å². The van der Waals surface area contributed by atoms with E-state index >= 15 is 0 Å². The average molecular weight is 227 g/mol. The first-order chi connectivity index (χ1) is 7.04. The Bertz CT molecular complexity index is 323. The zero-order valence-electron chi connectivity index (χ0n) is 9.63. The maximum absolute atomic E-state index is 5.95. The van der Waals surface area contributed by atoms with Gasteiger partial charge in [0.25, 0.3) is 0 Å². The fourth-order valence-electron chi connectivity index (χ4n) is 1.59. The Morgan fingerprint density at radius 3 is 2.60 bits per heavy atom. The molecule has 0 aromatic heterocycles. The molecule has 3 heteroatoms. The van der Waals surface area contributed by atoms with Crippen molar-refractivity contribution in [3.8, 4) is 0 Å². The van der Waals surface area contributed by atoms with E-state index in [0.29, 0.717) is 6.04 Å². The first-order valence-corrected chi connectivity index (χ1v) is 5.70. The zero-order valence-corrected chi connectivity index (χ0v) is 10.4. The highest BCUT2D eigenvalue weighted by atomic mass is 35.5. The largest absolute Gasteiger partial charge is 0.398 e. The van der Waals surface area contributed by atoms with Gasteiger partial charge in [0.05, 0.1) is 0 Å². The molecule has 0 heterocycles. The fourth-order valence-corrected chi connectivity index (χ4v) is 1.78. The molecule has 15 heavy (non-hydrogen) atoms. The summed E-state index contributed by atoms with van der Waals surface area (Å²) in [5, 5.41) is 0.749. The molecule has 0 saturated heterocycles. The standard InChI is InChI=1S/C12H19ClN2/c1-4-15(9(2)3)8-10-7-11(13)5-6-12(10)14/h5-7,9H,4,8,14H2,1-3H3. The van der Waals surface area contributed by atoms with Gasteiger partial charge in [-0.25, -0.2) is 0 Å². The maximum Gasteiger partial charge on any atom is 0.0410 e. The number of nitrogen functional groups attached to an aromatic ring is 1. The van der Waals surface area contributed by atoms with Crippen molar-refractivity contribution in [1.29, 1.82) is 0 Å². The molecular formula is C12H19ClN2. The molecular weight excluding hydrogens is 208 g/mol. The Kier molecular flexibility index (Phi) is 4.43. The van der Waals surface area contributed by atoms with E-state index in [-0.39, 0.29) is 0 Å². The lowest BCUT2D eigenvalue weighted by atomic mass is 10.1. The number of rotatable bonds is 4. The van der Waals surface area contributed by atoms with Gasteiger partial charge in [0.15, 0.2) is 0 Å². The van der Waals surface area contributed by atoms with E-state index in [4.69, 9.17) is 17.3 Å². The molecule has 1 aromatic rings. The van der Waals surface area contributed by atoms with Crippen LogP contribution >= 0.6 is 11.6 Å². The molecule has 0 bridgehead atoms. The molecule has 0 atom stereocenters. The number of benzene rings is 1. The molecule has 0 aliphatic carbocycles. The average Bonchev–Trinajstić information content (AvgIpc) is 2.18. The Morgan fingerprint density at radius 2 is 2.07 bits per heavy atom. The van der Waals surface area contributed by atoms with Crippen LogP contribution in [-0.4, -0.2) is 17.5 Å². The number of hydrogen-bond donors (Lipinski definition) is 1. The summed E-state index contributed by atoms with van der Waals surface area (Å²) in [5.41, 5.74) is 7.83. The van der Waals surface area contributed by atoms with Gasteiger partial charge in [-0.3, -0.25) is 4.90 Å². The van der Waals surface area contributed by atoms with Crippen LogP contribution in [0.4, 0.5) is 5.69 Å². The topological polar surface area (TPSA) is 29.3 Å². The summed E-state index contributed by atoms with van der Waals surface area (Å²) in [7, 11) is 0. The molecule has 0 unspecified atom stereocenters. The number of nitrogens with two attached hydrogens (primary N) is 1. The zero-order chi connectivity index (χ0) is 11.4. The van der Waals surface area contributed by atoms with E-state index in [1.165, 1.54) is 0 Å². The van der Waals surface area contributed by atoms with Gasteiger partial charge in [-0.05, 0) is 44.2 Å². The van der Waals surface area contributed by atoms with E-state index in [0.717, 1.165) is 29.4 Å². The third kappa shape index (κ3) is 3.40. The van der Waals surface area contributed by atoms with Crippen LogP contribution in [0.5, 0.6) is 0 Å². The number of anilines is 1. The summed E-state index contributed by atoms with van der Waals surface area (Å²) in [5.74, 6) is 0. The molecule has 2 N–H and O–H groups in total. The predicted molar refractivity (Wildman–Crippen MR) is 67.1 cm³/mol. The molecule has 1 rings (SSSR count). The van der Waals surface area contributed by atoms with Crippen LogP contribution in [0.3, 0.4) is 0 Å². The predicted octanol–water partition coefficient (Wildman–Crippen LogP) is 3.15. The summed E-state index contributed by atoms with van der Waals surface area (Å²) >= 11 is 5.95. The quantitative estimate of drug-likeness (QED) is 0.800. The van der Waals surface area contributed by atoms with Crippen LogP contribution in [0, 0.1) is 0 Å². The Hall–Kier alpha value is -0.730. The van der Waals surface area contributed by atoms with E-state index in [9.17, 15) is 0 Å². The van der Waals surface area contributed by atoms with Crippen molar-refractivity contribution >= 4 is 17.3 Å². The molecule has 0 saturated carbocycles. The summed E-state index contributed by atoms with van der Waals surface area (Å²) in [4.78, 5) is 2.35. The van der Waals surface area contributed by atoms with Crippen LogP contribution in [0.1, 0.15) is 26.3 Å². The molecule has 2 nitrogen and oxygen atoms in total. The highest BCUT2D eigenvalue weighted by Crippen LogP contribution is 2.20. The smallest absolute Gasteiger partial charge is 0.0410 e. The molecule has 84 valence electrons. The minimum Gasteiger partial charge on any atom is -0.398 e. The van der Waals surface area contributed by atoms with Crippen LogP contribution in [-0.2, 0) is 6.54 Å². The Balaban J connectivity index is 2.82. The fraction of sp³-hybridized carbons (Fsp3) is 0.500. The van der Waals surface area contributed by atoms with E-state index < -0.39 is 0 Å². The van der Waals surface area contributed by atoms with Gasteiger partial charge in [-0.2, -0.15) is 0 Å². The van der Waals surface area contributed by atoms with Crippen molar-refractivity contribution < 1.29 is 0 Å². The molecule has 0 aliphatic rings. The lowest BCUT2D eigenvalue weighted by Gasteiger charge is -2.25. The summed E-state index contributed by atoms with van der Waals surface area (Å²) < 4.78 is 0. The molecule has 0 spiro atoms. The third-order valence-corrected chi connectivity index (χ3v) is 2.85. The van der Waals surface area contributed by atoms with Gasteiger partial charge in [0.1, 0.15) is 0 Å². The summed E-state index contributed by atoms with van der Waals surface area (Å²) in [6, 6.07) is 6.16. The maximum atomic E-state index is 5.95. The SMILES string of the molecule is CCN(Cc1cc(Cl)ccc1N)C(C)C. The van der Waals surface area contributed by atoms with Crippen molar-refractivity contribution in [2.45, 2.75) is 33.4 Å². The first kappa shape index (κ1) is 12.3. The third-order valence-electron chi connectivity index (χ3n) is 2.61. The monoisotopic (exact) mass is 226 g/mol. The lowest BCUT2D eigenvalue weighted by molar-refractivity contribution is 0.225. The van der Waals surface area contributed by atoms with Crippen molar-refractivity contribution in [2.24, 2.45) is 0 Å². The van der Waals surface area contributed by atoms with E-state index in [1.807, 2.05) is 18.2 Å². The second kappa shape index (κ2) is 5.38. The van der Waals surface area contributed by atoms with Gasteiger partial charge in [0, 0.05) is 23.3 Å². The van der Waals surface area contributed by atoms with Crippen molar-refractivity contribution in [3.05, 3.63) is 28.8 Å². The minimum atomic E-state index is 0.522. The van der Waals surface area contributed by atoms with Crippen LogP contribution in [0.25, 0.3) is 0 Å². The van der Waals surface area contributed by atoms with Crippen LogP contribution < -0.4 is 5.73 Å². The van der Waals surface area contributed by atoms with Gasteiger partial charge in [-0.15, -0.1) is 0 Å². The normalized spacial score (nSPS) is 11.3. The molecule has 0 aliphatic heterocycles.